The summed E-state index contributed by atoms with van der Waals surface area (Å²) < 4.78 is 12.6. The van der Waals surface area contributed by atoms with Crippen LogP contribution in [0.15, 0.2) is 24.3 Å². The Balaban J connectivity index is 2.63. The molecule has 0 spiro atoms. The summed E-state index contributed by atoms with van der Waals surface area (Å²) in [6.45, 7) is 0. The maximum Gasteiger partial charge on any atom is 0.305 e. The standard InChI is InChI=1S/C11H12FNO3/c12-9-3-1-8(2-4-9)5-10(13-7-14)6-11(15)16/h1-4,7,10H,5-6H2,(H,13,14)(H,15,16). The van der Waals surface area contributed by atoms with Gasteiger partial charge in [0.2, 0.25) is 6.41 Å². The molecule has 1 unspecified atom stereocenters. The van der Waals surface area contributed by atoms with Crippen LogP contribution in [0.5, 0.6) is 0 Å². The number of carbonyl (C=O) groups is 2. The average molecular weight is 225 g/mol. The van der Waals surface area contributed by atoms with Crippen molar-refractivity contribution in [1.29, 1.82) is 0 Å². The first-order chi connectivity index (χ1) is 7.61. The molecule has 0 saturated carbocycles. The molecule has 2 N–H and O–H groups in total. The van der Waals surface area contributed by atoms with E-state index in [9.17, 15) is 14.0 Å². The van der Waals surface area contributed by atoms with Gasteiger partial charge in [0.15, 0.2) is 0 Å². The molecule has 1 amide bonds. The average Bonchev–Trinajstić information content (AvgIpc) is 2.21. The van der Waals surface area contributed by atoms with Gasteiger partial charge in [-0.1, -0.05) is 12.1 Å². The molecule has 0 aliphatic rings. The molecule has 16 heavy (non-hydrogen) atoms. The Morgan fingerprint density at radius 2 is 2.06 bits per heavy atom. The van der Waals surface area contributed by atoms with Crippen LogP contribution in [0.25, 0.3) is 0 Å². The number of halogens is 1. The first kappa shape index (κ1) is 12.2. The van der Waals surface area contributed by atoms with E-state index in [1.54, 1.807) is 12.1 Å². The number of hydrogen-bond acceptors (Lipinski definition) is 2. The van der Waals surface area contributed by atoms with Crippen molar-refractivity contribution in [3.05, 3.63) is 35.6 Å². The molecule has 5 heteroatoms. The lowest BCUT2D eigenvalue weighted by atomic mass is 10.0. The van der Waals surface area contributed by atoms with Crippen molar-refractivity contribution in [1.82, 2.24) is 5.32 Å². The van der Waals surface area contributed by atoms with Crippen LogP contribution in [0.4, 0.5) is 4.39 Å². The molecule has 1 aromatic rings. The summed E-state index contributed by atoms with van der Waals surface area (Å²) in [6.07, 6.45) is 0.679. The molecular weight excluding hydrogens is 213 g/mol. The zero-order valence-electron chi connectivity index (χ0n) is 8.52. The van der Waals surface area contributed by atoms with Crippen molar-refractivity contribution in [2.24, 2.45) is 0 Å². The Morgan fingerprint density at radius 1 is 1.44 bits per heavy atom. The molecule has 0 fully saturated rings. The second kappa shape index (κ2) is 5.85. The lowest BCUT2D eigenvalue weighted by Gasteiger charge is -2.13. The highest BCUT2D eigenvalue weighted by molar-refractivity contribution is 5.68. The fourth-order valence-corrected chi connectivity index (χ4v) is 1.40. The summed E-state index contributed by atoms with van der Waals surface area (Å²) in [6, 6.07) is 5.26. The van der Waals surface area contributed by atoms with Gasteiger partial charge in [0, 0.05) is 6.04 Å². The van der Waals surface area contributed by atoms with Crippen LogP contribution >= 0.6 is 0 Å². The predicted molar refractivity (Wildman–Crippen MR) is 55.3 cm³/mol. The number of nitrogens with one attached hydrogen (secondary N) is 1. The lowest BCUT2D eigenvalue weighted by molar-refractivity contribution is -0.137. The maximum atomic E-state index is 12.6. The molecule has 0 aliphatic carbocycles. The van der Waals surface area contributed by atoms with Gasteiger partial charge in [0.05, 0.1) is 6.42 Å². The maximum absolute atomic E-state index is 12.6. The number of carboxylic acids is 1. The summed E-state index contributed by atoms with van der Waals surface area (Å²) >= 11 is 0. The van der Waals surface area contributed by atoms with E-state index < -0.39 is 12.0 Å². The van der Waals surface area contributed by atoms with Gasteiger partial charge in [-0.3, -0.25) is 9.59 Å². The molecule has 1 rings (SSSR count). The van der Waals surface area contributed by atoms with E-state index in [1.807, 2.05) is 0 Å². The van der Waals surface area contributed by atoms with Crippen molar-refractivity contribution in [3.8, 4) is 0 Å². The molecule has 86 valence electrons. The molecule has 0 heterocycles. The van der Waals surface area contributed by atoms with Gasteiger partial charge in [0.1, 0.15) is 5.82 Å². The van der Waals surface area contributed by atoms with Crippen LogP contribution in [0.2, 0.25) is 0 Å². The van der Waals surface area contributed by atoms with Crippen molar-refractivity contribution in [2.45, 2.75) is 18.9 Å². The van der Waals surface area contributed by atoms with Crippen molar-refractivity contribution in [2.75, 3.05) is 0 Å². The Kier molecular flexibility index (Phi) is 4.44. The van der Waals surface area contributed by atoms with E-state index in [-0.39, 0.29) is 12.2 Å². The van der Waals surface area contributed by atoms with E-state index in [0.717, 1.165) is 5.56 Å². The highest BCUT2D eigenvalue weighted by Crippen LogP contribution is 2.07. The summed E-state index contributed by atoms with van der Waals surface area (Å²) in [4.78, 5) is 20.8. The molecule has 4 nitrogen and oxygen atoms in total. The monoisotopic (exact) mass is 225 g/mol. The van der Waals surface area contributed by atoms with E-state index in [4.69, 9.17) is 5.11 Å². The minimum Gasteiger partial charge on any atom is -0.481 e. The highest BCUT2D eigenvalue weighted by Gasteiger charge is 2.12. The second-order valence-corrected chi connectivity index (χ2v) is 3.41. The molecule has 0 bridgehead atoms. The fraction of sp³-hybridized carbons (Fsp3) is 0.273. The summed E-state index contributed by atoms with van der Waals surface area (Å²) in [7, 11) is 0. The molecule has 0 radical (unpaired) electrons. The van der Waals surface area contributed by atoms with Crippen LogP contribution in [-0.4, -0.2) is 23.5 Å². The van der Waals surface area contributed by atoms with E-state index >= 15 is 0 Å². The molecule has 1 atom stereocenters. The fourth-order valence-electron chi connectivity index (χ4n) is 1.40. The van der Waals surface area contributed by atoms with Gasteiger partial charge < -0.3 is 10.4 Å². The number of aliphatic carboxylic acids is 1. The van der Waals surface area contributed by atoms with Crippen LogP contribution < -0.4 is 5.32 Å². The van der Waals surface area contributed by atoms with Crippen LogP contribution in [0, 0.1) is 5.82 Å². The molecular formula is C11H12FNO3. The molecule has 0 saturated heterocycles. The Labute approximate surface area is 92.1 Å². The Morgan fingerprint density at radius 3 is 2.56 bits per heavy atom. The summed E-state index contributed by atoms with van der Waals surface area (Å²) in [5.74, 6) is -1.33. The van der Waals surface area contributed by atoms with Crippen molar-refractivity contribution in [3.63, 3.8) is 0 Å². The topological polar surface area (TPSA) is 66.4 Å². The number of rotatable bonds is 6. The third kappa shape index (κ3) is 4.08. The first-order valence-electron chi connectivity index (χ1n) is 4.77. The Hall–Kier alpha value is -1.91. The van der Waals surface area contributed by atoms with Crippen molar-refractivity contribution < 1.29 is 19.1 Å². The normalized spacial score (nSPS) is 11.8. The van der Waals surface area contributed by atoms with Gasteiger partial charge in [-0.2, -0.15) is 0 Å². The first-order valence-corrected chi connectivity index (χ1v) is 4.77. The molecule has 1 aromatic carbocycles. The third-order valence-corrected chi connectivity index (χ3v) is 2.12. The number of amides is 1. The number of carbonyl (C=O) groups excluding carboxylic acids is 1. The third-order valence-electron chi connectivity index (χ3n) is 2.12. The zero-order valence-corrected chi connectivity index (χ0v) is 8.52. The second-order valence-electron chi connectivity index (χ2n) is 3.41. The predicted octanol–water partition coefficient (Wildman–Crippen LogP) is 0.957. The number of carboxylic acid groups (broad SMARTS) is 1. The van der Waals surface area contributed by atoms with E-state index in [2.05, 4.69) is 5.32 Å². The van der Waals surface area contributed by atoms with Gasteiger partial charge in [0.25, 0.3) is 0 Å². The minimum absolute atomic E-state index is 0.157. The lowest BCUT2D eigenvalue weighted by Crippen LogP contribution is -2.32. The molecule has 0 aromatic heterocycles. The smallest absolute Gasteiger partial charge is 0.305 e. The highest BCUT2D eigenvalue weighted by atomic mass is 19.1. The SMILES string of the molecule is O=CNC(CC(=O)O)Cc1ccc(F)cc1. The van der Waals surface area contributed by atoms with Gasteiger partial charge in [-0.15, -0.1) is 0 Å². The van der Waals surface area contributed by atoms with E-state index in [0.29, 0.717) is 12.8 Å². The summed E-state index contributed by atoms with van der Waals surface area (Å²) in [5, 5.41) is 11.0. The number of benzene rings is 1. The minimum atomic E-state index is -0.985. The van der Waals surface area contributed by atoms with Gasteiger partial charge >= 0.3 is 5.97 Å². The molecule has 0 aliphatic heterocycles. The zero-order chi connectivity index (χ0) is 12.0. The quantitative estimate of drug-likeness (QED) is 0.708. The van der Waals surface area contributed by atoms with Crippen LogP contribution in [-0.2, 0) is 16.0 Å². The largest absolute Gasteiger partial charge is 0.481 e. The van der Waals surface area contributed by atoms with Crippen LogP contribution in [0.1, 0.15) is 12.0 Å². The van der Waals surface area contributed by atoms with Gasteiger partial charge in [-0.25, -0.2) is 4.39 Å². The number of hydrogen-bond donors (Lipinski definition) is 2. The van der Waals surface area contributed by atoms with Gasteiger partial charge in [-0.05, 0) is 24.1 Å². The van der Waals surface area contributed by atoms with E-state index in [1.165, 1.54) is 12.1 Å². The van der Waals surface area contributed by atoms with Crippen molar-refractivity contribution >= 4 is 12.4 Å². The Bertz CT molecular complexity index is 364. The van der Waals surface area contributed by atoms with Crippen LogP contribution in [0.3, 0.4) is 0 Å². The summed E-state index contributed by atoms with van der Waals surface area (Å²) in [5.41, 5.74) is 0.780.